The number of carbonyl (C=O) groups is 1. The van der Waals surface area contributed by atoms with Gasteiger partial charge in [-0.1, -0.05) is 30.3 Å². The zero-order valence-corrected chi connectivity index (χ0v) is 15.6. The van der Waals surface area contributed by atoms with Gasteiger partial charge in [-0.05, 0) is 42.5 Å². The molecule has 0 aliphatic rings. The summed E-state index contributed by atoms with van der Waals surface area (Å²) in [4.78, 5) is 12.2. The summed E-state index contributed by atoms with van der Waals surface area (Å²) >= 11 is 0. The van der Waals surface area contributed by atoms with Gasteiger partial charge in [-0.3, -0.25) is 9.10 Å². The van der Waals surface area contributed by atoms with E-state index >= 15 is 0 Å². The summed E-state index contributed by atoms with van der Waals surface area (Å²) in [5.74, 6) is -1.98. The fourth-order valence-corrected chi connectivity index (χ4v) is 3.80. The summed E-state index contributed by atoms with van der Waals surface area (Å²) in [6.07, 6.45) is 0. The van der Waals surface area contributed by atoms with Gasteiger partial charge in [-0.25, -0.2) is 17.2 Å². The minimum Gasteiger partial charge on any atom is -0.319 e. The number of hydrogen-bond donors (Lipinski definition) is 1. The van der Waals surface area contributed by atoms with E-state index in [0.29, 0.717) is 0 Å². The van der Waals surface area contributed by atoms with Crippen molar-refractivity contribution in [2.45, 2.75) is 4.90 Å². The van der Waals surface area contributed by atoms with Crippen LogP contribution >= 0.6 is 0 Å². The molecule has 1 N–H and O–H groups in total. The van der Waals surface area contributed by atoms with Gasteiger partial charge in [0.1, 0.15) is 11.6 Å². The normalized spacial score (nSPS) is 11.1. The highest BCUT2D eigenvalue weighted by Crippen LogP contribution is 2.25. The number of sulfonamides is 1. The van der Waals surface area contributed by atoms with E-state index in [0.717, 1.165) is 16.4 Å². The summed E-state index contributed by atoms with van der Waals surface area (Å²) < 4.78 is 54.2. The van der Waals surface area contributed by atoms with Crippen LogP contribution in [0.1, 0.15) is 10.4 Å². The number of nitrogens with one attached hydrogen (secondary N) is 1. The fourth-order valence-electron chi connectivity index (χ4n) is 2.55. The first kappa shape index (κ1) is 19.5. The van der Waals surface area contributed by atoms with Crippen LogP contribution < -0.4 is 9.62 Å². The van der Waals surface area contributed by atoms with E-state index in [1.165, 1.54) is 61.6 Å². The molecule has 0 radical (unpaired) electrons. The molecule has 0 bridgehead atoms. The number of para-hydroxylation sites is 2. The second kappa shape index (κ2) is 7.77. The highest BCUT2D eigenvalue weighted by Gasteiger charge is 2.24. The monoisotopic (exact) mass is 402 g/mol. The zero-order chi connectivity index (χ0) is 20.3. The highest BCUT2D eigenvalue weighted by atomic mass is 32.2. The lowest BCUT2D eigenvalue weighted by atomic mass is 10.2. The summed E-state index contributed by atoms with van der Waals surface area (Å²) in [6, 6.07) is 16.3. The molecule has 3 aromatic carbocycles. The van der Waals surface area contributed by atoms with Gasteiger partial charge < -0.3 is 5.32 Å². The van der Waals surface area contributed by atoms with E-state index in [9.17, 15) is 22.0 Å². The molecule has 3 aromatic rings. The molecular formula is C20H16F2N2O3S. The first-order valence-electron chi connectivity index (χ1n) is 8.20. The maximum absolute atomic E-state index is 14.0. The first-order chi connectivity index (χ1) is 13.3. The van der Waals surface area contributed by atoms with Gasteiger partial charge in [0.05, 0.1) is 16.3 Å². The second-order valence-corrected chi connectivity index (χ2v) is 7.86. The van der Waals surface area contributed by atoms with Crippen molar-refractivity contribution in [2.75, 3.05) is 16.7 Å². The minimum absolute atomic E-state index is 0.0197. The molecule has 8 heteroatoms. The lowest BCUT2D eigenvalue weighted by Crippen LogP contribution is -2.27. The number of nitrogens with zero attached hydrogens (tertiary/aromatic N) is 1. The third-order valence-electron chi connectivity index (χ3n) is 4.07. The van der Waals surface area contributed by atoms with Gasteiger partial charge in [0, 0.05) is 12.6 Å². The lowest BCUT2D eigenvalue weighted by Gasteiger charge is -2.20. The van der Waals surface area contributed by atoms with Crippen LogP contribution in [0.4, 0.5) is 20.2 Å². The predicted molar refractivity (Wildman–Crippen MR) is 103 cm³/mol. The van der Waals surface area contributed by atoms with Crippen molar-refractivity contribution < 1.29 is 22.0 Å². The number of amides is 1. The van der Waals surface area contributed by atoms with Crippen LogP contribution in [0.3, 0.4) is 0 Å². The maximum Gasteiger partial charge on any atom is 0.264 e. The molecule has 0 spiro atoms. The second-order valence-electron chi connectivity index (χ2n) is 5.89. The largest absolute Gasteiger partial charge is 0.319 e. The number of halogens is 2. The Morgan fingerprint density at radius 1 is 0.893 bits per heavy atom. The van der Waals surface area contributed by atoms with Crippen molar-refractivity contribution >= 4 is 27.3 Å². The Bertz CT molecular complexity index is 1130. The van der Waals surface area contributed by atoms with Crippen LogP contribution in [0, 0.1) is 11.6 Å². The van der Waals surface area contributed by atoms with Crippen LogP contribution in [0.25, 0.3) is 0 Å². The van der Waals surface area contributed by atoms with E-state index in [-0.39, 0.29) is 21.8 Å². The van der Waals surface area contributed by atoms with Gasteiger partial charge in [-0.15, -0.1) is 0 Å². The Hall–Kier alpha value is -3.26. The molecule has 0 fully saturated rings. The molecule has 0 unspecified atom stereocenters. The van der Waals surface area contributed by atoms with Crippen molar-refractivity contribution in [3.05, 3.63) is 90.0 Å². The molecule has 0 aromatic heterocycles. The van der Waals surface area contributed by atoms with Crippen LogP contribution in [0.15, 0.2) is 77.7 Å². The van der Waals surface area contributed by atoms with E-state index in [1.807, 2.05) is 0 Å². The average molecular weight is 402 g/mol. The van der Waals surface area contributed by atoms with Gasteiger partial charge in [0.15, 0.2) is 0 Å². The summed E-state index contributed by atoms with van der Waals surface area (Å²) in [6.45, 7) is 0. The molecule has 1 amide bonds. The summed E-state index contributed by atoms with van der Waals surface area (Å²) in [5, 5.41) is 2.39. The molecule has 0 heterocycles. The van der Waals surface area contributed by atoms with Gasteiger partial charge in [-0.2, -0.15) is 0 Å². The molecule has 0 saturated heterocycles. The minimum atomic E-state index is -4.11. The third kappa shape index (κ3) is 3.86. The fraction of sp³-hybridized carbons (Fsp3) is 0.0500. The Morgan fingerprint density at radius 2 is 1.54 bits per heavy atom. The third-order valence-corrected chi connectivity index (χ3v) is 5.84. The Balaban J connectivity index is 1.91. The highest BCUT2D eigenvalue weighted by molar-refractivity contribution is 7.92. The van der Waals surface area contributed by atoms with E-state index in [2.05, 4.69) is 5.32 Å². The van der Waals surface area contributed by atoms with Crippen molar-refractivity contribution in [3.8, 4) is 0 Å². The standard InChI is InChI=1S/C20H16F2N2O3S/c1-24(19-12-5-3-10-17(19)22)28(26,27)15-8-6-7-14(13-15)20(25)23-18-11-4-2-9-16(18)21/h2-13H,1H3,(H,23,25). The van der Waals surface area contributed by atoms with E-state index in [1.54, 1.807) is 6.07 Å². The number of hydrogen-bond acceptors (Lipinski definition) is 3. The molecule has 0 saturated carbocycles. The maximum atomic E-state index is 14.0. The van der Waals surface area contributed by atoms with Crippen LogP contribution in [-0.2, 0) is 10.0 Å². The SMILES string of the molecule is CN(c1ccccc1F)S(=O)(=O)c1cccc(C(=O)Nc2ccccc2F)c1. The van der Waals surface area contributed by atoms with Gasteiger partial charge >= 0.3 is 0 Å². The van der Waals surface area contributed by atoms with Crippen LogP contribution in [0.2, 0.25) is 0 Å². The number of carbonyl (C=O) groups excluding carboxylic acids is 1. The van der Waals surface area contributed by atoms with Crippen molar-refractivity contribution in [2.24, 2.45) is 0 Å². The molecule has 28 heavy (non-hydrogen) atoms. The number of anilines is 2. The van der Waals surface area contributed by atoms with E-state index < -0.39 is 27.6 Å². The van der Waals surface area contributed by atoms with Crippen LogP contribution in [0.5, 0.6) is 0 Å². The molecule has 5 nitrogen and oxygen atoms in total. The molecular weight excluding hydrogens is 386 g/mol. The first-order valence-corrected chi connectivity index (χ1v) is 9.64. The Morgan fingerprint density at radius 3 is 2.21 bits per heavy atom. The lowest BCUT2D eigenvalue weighted by molar-refractivity contribution is 0.102. The Labute approximate surface area is 161 Å². The predicted octanol–water partition coefficient (Wildman–Crippen LogP) is 4.04. The molecule has 0 atom stereocenters. The van der Waals surface area contributed by atoms with Gasteiger partial charge in [0.25, 0.3) is 15.9 Å². The van der Waals surface area contributed by atoms with Crippen molar-refractivity contribution in [3.63, 3.8) is 0 Å². The molecule has 3 rings (SSSR count). The van der Waals surface area contributed by atoms with Gasteiger partial charge in [0.2, 0.25) is 0 Å². The molecule has 0 aliphatic carbocycles. The topological polar surface area (TPSA) is 66.5 Å². The number of rotatable bonds is 5. The van der Waals surface area contributed by atoms with E-state index in [4.69, 9.17) is 0 Å². The average Bonchev–Trinajstić information content (AvgIpc) is 2.69. The molecule has 144 valence electrons. The van der Waals surface area contributed by atoms with Crippen molar-refractivity contribution in [1.29, 1.82) is 0 Å². The zero-order valence-electron chi connectivity index (χ0n) is 14.8. The smallest absolute Gasteiger partial charge is 0.264 e. The summed E-state index contributed by atoms with van der Waals surface area (Å²) in [7, 11) is -2.89. The summed E-state index contributed by atoms with van der Waals surface area (Å²) in [5.41, 5.74) is -0.126. The number of benzene rings is 3. The quantitative estimate of drug-likeness (QED) is 0.700. The molecule has 0 aliphatic heterocycles. The van der Waals surface area contributed by atoms with Crippen LogP contribution in [-0.4, -0.2) is 21.4 Å². The Kier molecular flexibility index (Phi) is 5.41. The van der Waals surface area contributed by atoms with Crippen molar-refractivity contribution in [1.82, 2.24) is 0 Å².